The molecule has 3 nitrogen and oxygen atoms in total. The van der Waals surface area contributed by atoms with Crippen LogP contribution in [-0.2, 0) is 0 Å². The van der Waals surface area contributed by atoms with E-state index in [1.54, 1.807) is 12.1 Å². The molecule has 0 bridgehead atoms. The second-order valence-corrected chi connectivity index (χ2v) is 6.01. The van der Waals surface area contributed by atoms with Gasteiger partial charge in [-0.15, -0.1) is 0 Å². The van der Waals surface area contributed by atoms with Gasteiger partial charge in [-0.05, 0) is 60.4 Å². The highest BCUT2D eigenvalue weighted by Gasteiger charge is 2.26. The second kappa shape index (κ2) is 6.73. The lowest BCUT2D eigenvalue weighted by atomic mass is 10.0. The van der Waals surface area contributed by atoms with Gasteiger partial charge in [-0.1, -0.05) is 11.6 Å². The van der Waals surface area contributed by atoms with Crippen LogP contribution >= 0.6 is 27.5 Å². The lowest BCUT2D eigenvalue weighted by Gasteiger charge is -2.34. The average Bonchev–Trinajstić information content (AvgIpc) is 2.43. The SMILES string of the molecule is CCN(C(=O)c1cc(Cl)ccc1Br)C1CCCNC1. The largest absolute Gasteiger partial charge is 0.335 e. The third kappa shape index (κ3) is 3.50. The van der Waals surface area contributed by atoms with E-state index in [0.29, 0.717) is 17.1 Å². The maximum atomic E-state index is 12.7. The maximum absolute atomic E-state index is 12.7. The molecular weight excluding hydrogens is 328 g/mol. The lowest BCUT2D eigenvalue weighted by Crippen LogP contribution is -2.48. The number of carbonyl (C=O) groups is 1. The van der Waals surface area contributed by atoms with Crippen LogP contribution in [-0.4, -0.2) is 36.5 Å². The number of carbonyl (C=O) groups excluding carboxylic acids is 1. The van der Waals surface area contributed by atoms with E-state index in [9.17, 15) is 4.79 Å². The molecule has 1 saturated heterocycles. The average molecular weight is 346 g/mol. The zero-order chi connectivity index (χ0) is 13.8. The molecule has 0 aliphatic carbocycles. The number of hydrogen-bond acceptors (Lipinski definition) is 2. The van der Waals surface area contributed by atoms with E-state index in [4.69, 9.17) is 11.6 Å². The summed E-state index contributed by atoms with van der Waals surface area (Å²) in [5, 5.41) is 3.94. The van der Waals surface area contributed by atoms with Crippen LogP contribution in [0.3, 0.4) is 0 Å². The Balaban J connectivity index is 2.22. The summed E-state index contributed by atoms with van der Waals surface area (Å²) in [6.07, 6.45) is 2.18. The van der Waals surface area contributed by atoms with Crippen LogP contribution in [0.2, 0.25) is 5.02 Å². The fraction of sp³-hybridized carbons (Fsp3) is 0.500. The highest BCUT2D eigenvalue weighted by atomic mass is 79.9. The van der Waals surface area contributed by atoms with Gasteiger partial charge in [0.15, 0.2) is 0 Å². The van der Waals surface area contributed by atoms with Gasteiger partial charge in [0.25, 0.3) is 5.91 Å². The number of rotatable bonds is 3. The Bertz CT molecular complexity index is 461. The Morgan fingerprint density at radius 1 is 1.58 bits per heavy atom. The fourth-order valence-corrected chi connectivity index (χ4v) is 3.07. The maximum Gasteiger partial charge on any atom is 0.255 e. The Hall–Kier alpha value is -0.580. The number of likely N-dealkylation sites (N-methyl/N-ethyl adjacent to an activating group) is 1. The van der Waals surface area contributed by atoms with E-state index in [1.165, 1.54) is 0 Å². The minimum atomic E-state index is 0.0468. The van der Waals surface area contributed by atoms with Crippen molar-refractivity contribution in [1.82, 2.24) is 10.2 Å². The molecule has 1 aliphatic heterocycles. The topological polar surface area (TPSA) is 32.3 Å². The Labute approximate surface area is 127 Å². The molecule has 0 radical (unpaired) electrons. The normalized spacial score (nSPS) is 19.2. The van der Waals surface area contributed by atoms with Crippen molar-refractivity contribution >= 4 is 33.4 Å². The monoisotopic (exact) mass is 344 g/mol. The molecule has 1 N–H and O–H groups in total. The van der Waals surface area contributed by atoms with Crippen molar-refractivity contribution < 1.29 is 4.79 Å². The minimum absolute atomic E-state index is 0.0468. The predicted octanol–water partition coefficient (Wildman–Crippen LogP) is 3.32. The summed E-state index contributed by atoms with van der Waals surface area (Å²) in [7, 11) is 0. The van der Waals surface area contributed by atoms with Crippen molar-refractivity contribution in [3.63, 3.8) is 0 Å². The predicted molar refractivity (Wildman–Crippen MR) is 81.8 cm³/mol. The highest BCUT2D eigenvalue weighted by molar-refractivity contribution is 9.10. The molecule has 1 heterocycles. The van der Waals surface area contributed by atoms with Crippen molar-refractivity contribution in [2.75, 3.05) is 19.6 Å². The van der Waals surface area contributed by atoms with Gasteiger partial charge in [0.05, 0.1) is 5.56 Å². The molecule has 104 valence electrons. The number of nitrogens with zero attached hydrogens (tertiary/aromatic N) is 1. The van der Waals surface area contributed by atoms with Crippen LogP contribution in [0, 0.1) is 0 Å². The molecule has 1 amide bonds. The first-order valence-electron chi connectivity index (χ1n) is 6.60. The Kier molecular flexibility index (Phi) is 5.25. The summed E-state index contributed by atoms with van der Waals surface area (Å²) < 4.78 is 0.795. The molecule has 5 heteroatoms. The van der Waals surface area contributed by atoms with E-state index in [1.807, 2.05) is 17.9 Å². The molecule has 0 spiro atoms. The first-order valence-corrected chi connectivity index (χ1v) is 7.77. The van der Waals surface area contributed by atoms with Gasteiger partial charge >= 0.3 is 0 Å². The van der Waals surface area contributed by atoms with E-state index >= 15 is 0 Å². The summed E-state index contributed by atoms with van der Waals surface area (Å²) in [6.45, 7) is 4.65. The third-order valence-electron chi connectivity index (χ3n) is 3.47. The van der Waals surface area contributed by atoms with Crippen molar-refractivity contribution in [2.24, 2.45) is 0 Å². The van der Waals surface area contributed by atoms with Gasteiger partial charge in [-0.3, -0.25) is 4.79 Å². The summed E-state index contributed by atoms with van der Waals surface area (Å²) in [4.78, 5) is 14.6. The smallest absolute Gasteiger partial charge is 0.255 e. The molecular formula is C14H18BrClN2O. The van der Waals surface area contributed by atoms with Crippen LogP contribution in [0.25, 0.3) is 0 Å². The molecule has 0 aromatic heterocycles. The molecule has 19 heavy (non-hydrogen) atoms. The Morgan fingerprint density at radius 2 is 2.37 bits per heavy atom. The number of benzene rings is 1. The van der Waals surface area contributed by atoms with E-state index < -0.39 is 0 Å². The van der Waals surface area contributed by atoms with Crippen molar-refractivity contribution in [2.45, 2.75) is 25.8 Å². The number of amides is 1. The molecule has 2 rings (SSSR count). The van der Waals surface area contributed by atoms with Crippen LogP contribution in [0.5, 0.6) is 0 Å². The van der Waals surface area contributed by atoms with Crippen LogP contribution in [0.1, 0.15) is 30.1 Å². The van der Waals surface area contributed by atoms with Crippen LogP contribution < -0.4 is 5.32 Å². The van der Waals surface area contributed by atoms with E-state index in [-0.39, 0.29) is 11.9 Å². The number of nitrogens with one attached hydrogen (secondary N) is 1. The second-order valence-electron chi connectivity index (χ2n) is 4.72. The van der Waals surface area contributed by atoms with Crippen molar-refractivity contribution in [3.05, 3.63) is 33.3 Å². The zero-order valence-corrected chi connectivity index (χ0v) is 13.3. The quantitative estimate of drug-likeness (QED) is 0.911. The fourth-order valence-electron chi connectivity index (χ4n) is 2.48. The van der Waals surface area contributed by atoms with Gasteiger partial charge in [0.2, 0.25) is 0 Å². The van der Waals surface area contributed by atoms with Crippen molar-refractivity contribution in [3.8, 4) is 0 Å². The first-order chi connectivity index (χ1) is 9.13. The number of piperidine rings is 1. The molecule has 1 aromatic rings. The van der Waals surface area contributed by atoms with Crippen molar-refractivity contribution in [1.29, 1.82) is 0 Å². The third-order valence-corrected chi connectivity index (χ3v) is 4.40. The van der Waals surface area contributed by atoms with Gasteiger partial charge in [0, 0.05) is 28.6 Å². The summed E-state index contributed by atoms with van der Waals surface area (Å²) in [5.74, 6) is 0.0468. The molecule has 1 unspecified atom stereocenters. The van der Waals surface area contributed by atoms with Gasteiger partial charge < -0.3 is 10.2 Å². The zero-order valence-electron chi connectivity index (χ0n) is 11.0. The standard InChI is InChI=1S/C14H18BrClN2O/c1-2-18(11-4-3-7-17-9-11)14(19)12-8-10(16)5-6-13(12)15/h5-6,8,11,17H,2-4,7,9H2,1H3. The van der Waals surface area contributed by atoms with E-state index in [0.717, 1.165) is 30.4 Å². The molecule has 1 fully saturated rings. The van der Waals surface area contributed by atoms with Gasteiger partial charge in [-0.2, -0.15) is 0 Å². The number of halogens is 2. The summed E-state index contributed by atoms with van der Waals surface area (Å²) in [6, 6.07) is 5.60. The molecule has 1 aromatic carbocycles. The van der Waals surface area contributed by atoms with Gasteiger partial charge in [-0.25, -0.2) is 0 Å². The van der Waals surface area contributed by atoms with Crippen LogP contribution in [0.4, 0.5) is 0 Å². The summed E-state index contributed by atoms with van der Waals surface area (Å²) >= 11 is 9.42. The van der Waals surface area contributed by atoms with E-state index in [2.05, 4.69) is 21.2 Å². The molecule has 1 aliphatic rings. The van der Waals surface area contributed by atoms with Crippen LogP contribution in [0.15, 0.2) is 22.7 Å². The molecule has 1 atom stereocenters. The summed E-state index contributed by atoms with van der Waals surface area (Å²) in [5.41, 5.74) is 0.639. The lowest BCUT2D eigenvalue weighted by molar-refractivity contribution is 0.0661. The molecule has 0 saturated carbocycles. The van der Waals surface area contributed by atoms with Gasteiger partial charge in [0.1, 0.15) is 0 Å². The number of hydrogen-bond donors (Lipinski definition) is 1. The first kappa shape index (κ1) is 14.8. The minimum Gasteiger partial charge on any atom is -0.335 e. The Morgan fingerprint density at radius 3 is 3.00 bits per heavy atom. The highest BCUT2D eigenvalue weighted by Crippen LogP contribution is 2.24.